The van der Waals surface area contributed by atoms with Crippen molar-refractivity contribution in [1.29, 1.82) is 0 Å². The molecule has 8 aromatic heterocycles. The van der Waals surface area contributed by atoms with Gasteiger partial charge in [0.2, 0.25) is 0 Å². The summed E-state index contributed by atoms with van der Waals surface area (Å²) in [6.45, 7) is 10.2. The maximum absolute atomic E-state index is 11.8. The lowest BCUT2D eigenvalue weighted by atomic mass is 10.1. The molecule has 8 heterocycles. The molecule has 28 heteroatoms. The van der Waals surface area contributed by atoms with Crippen LogP contribution in [0.25, 0.3) is 43.6 Å². The number of nitrogens with zero attached hydrogens (tertiary/aromatic N) is 12. The number of benzene rings is 4. The van der Waals surface area contributed by atoms with E-state index in [0.29, 0.717) is 93.0 Å². The van der Waals surface area contributed by atoms with Crippen LogP contribution in [0, 0.1) is 0 Å². The molecular weight excluding hydrogens is 1390 g/mol. The number of carbonyl (C=O) groups excluding carboxylic acids is 4. The fourth-order valence-electron chi connectivity index (χ4n) is 9.15. The van der Waals surface area contributed by atoms with Crippen LogP contribution in [-0.2, 0) is 45.1 Å². The van der Waals surface area contributed by atoms with E-state index in [1.165, 1.54) is 12.4 Å². The quantitative estimate of drug-likeness (QED) is 0.0671. The van der Waals surface area contributed by atoms with Crippen molar-refractivity contribution in [2.45, 2.75) is 53.9 Å². The van der Waals surface area contributed by atoms with Gasteiger partial charge in [0.15, 0.2) is 5.82 Å². The summed E-state index contributed by atoms with van der Waals surface area (Å²) in [5.41, 5.74) is 20.7. The normalized spacial score (nSPS) is 10.9. The van der Waals surface area contributed by atoms with Crippen molar-refractivity contribution >= 4 is 157 Å². The van der Waals surface area contributed by atoms with Crippen LogP contribution in [-0.4, -0.2) is 109 Å². The van der Waals surface area contributed by atoms with Crippen molar-refractivity contribution in [3.05, 3.63) is 220 Å². The van der Waals surface area contributed by atoms with E-state index in [1.807, 2.05) is 97.1 Å². The number of anilines is 2. The van der Waals surface area contributed by atoms with Crippen molar-refractivity contribution in [3.8, 4) is 0 Å². The fraction of sp³-hybridized carbons (Fsp3) is 0.188. The molecule has 0 unspecified atom stereocenters. The van der Waals surface area contributed by atoms with Gasteiger partial charge in [0, 0.05) is 58.7 Å². The van der Waals surface area contributed by atoms with Crippen molar-refractivity contribution in [1.82, 2.24) is 59.1 Å². The Morgan fingerprint density at radius 3 is 1.18 bits per heavy atom. The fourth-order valence-corrected chi connectivity index (χ4v) is 10.8. The molecule has 0 atom stereocenters. The first-order chi connectivity index (χ1) is 44.3. The third kappa shape index (κ3) is 17.3. The molecule has 12 aromatic rings. The van der Waals surface area contributed by atoms with E-state index in [9.17, 15) is 19.2 Å². The minimum Gasteiger partial charge on any atom is -0.462 e. The number of fused-ring (bicyclic) bond motifs is 4. The standard InChI is InChI=1S/2C16H13BrClN3O2.2C16H15ClN4O2/c1-2-23-16(22)13-8-20-21(15(13)17)9-10-3-4-14-11(5-10)6-12(18)7-19-14;1-2-23-16(22)13-9-21(20-15(13)17)8-10-3-4-14-11(5-10)6-12(18)7-19-14;1-2-23-16(22)13-8-20-21(15(13)18)9-10-3-4-14-11(5-10)6-12(17)7-19-14;1-2-23-16(22)13-9-21(20-15(13)18)8-10-3-4-14-11(5-10)6-12(17)7-19-14/h3-8H,2,9H2,1H3;3-7,9H,2,8H2,1H3;3-8H,2,9,18H2,1H3;3-7,9H,2,8H2,1H3,(H2,18,20). The van der Waals surface area contributed by atoms with Gasteiger partial charge in [0.1, 0.15) is 37.3 Å². The maximum atomic E-state index is 11.8. The summed E-state index contributed by atoms with van der Waals surface area (Å²) in [6.07, 6.45) is 12.7. The molecule has 0 aliphatic carbocycles. The van der Waals surface area contributed by atoms with E-state index in [2.05, 4.69) is 72.2 Å². The van der Waals surface area contributed by atoms with E-state index in [-0.39, 0.29) is 34.7 Å². The first kappa shape index (κ1) is 67.4. The molecule has 0 radical (unpaired) electrons. The highest BCUT2D eigenvalue weighted by atomic mass is 79.9. The van der Waals surface area contributed by atoms with E-state index in [4.69, 9.17) is 76.8 Å². The summed E-state index contributed by atoms with van der Waals surface area (Å²) >= 11 is 30.6. The summed E-state index contributed by atoms with van der Waals surface area (Å²) in [5, 5.41) is 23.0. The second-order valence-electron chi connectivity index (χ2n) is 19.9. The Balaban J connectivity index is 0.000000145. The second kappa shape index (κ2) is 31.3. The van der Waals surface area contributed by atoms with Crippen molar-refractivity contribution in [2.75, 3.05) is 37.9 Å². The Labute approximate surface area is 562 Å². The number of carbonyl (C=O) groups is 4. The molecule has 92 heavy (non-hydrogen) atoms. The van der Waals surface area contributed by atoms with Crippen LogP contribution < -0.4 is 11.5 Å². The molecule has 0 aliphatic rings. The molecule has 22 nitrogen and oxygen atoms in total. The number of esters is 4. The number of halogens is 6. The molecule has 4 N–H and O–H groups in total. The number of ether oxygens (including phenoxy) is 4. The lowest BCUT2D eigenvalue weighted by Gasteiger charge is -2.07. The average Bonchev–Trinajstić information content (AvgIpc) is 1.96. The van der Waals surface area contributed by atoms with Gasteiger partial charge in [-0.25, -0.2) is 23.9 Å². The molecular formula is C64H56Br2Cl4N14O8. The number of aromatic nitrogens is 12. The van der Waals surface area contributed by atoms with Crippen molar-refractivity contribution < 1.29 is 38.1 Å². The first-order valence-electron chi connectivity index (χ1n) is 28.2. The summed E-state index contributed by atoms with van der Waals surface area (Å²) in [7, 11) is 0. The molecule has 0 spiro atoms. The summed E-state index contributed by atoms with van der Waals surface area (Å²) in [6, 6.07) is 31.0. The van der Waals surface area contributed by atoms with Crippen LogP contribution >= 0.6 is 78.3 Å². The van der Waals surface area contributed by atoms with Crippen LogP contribution in [0.4, 0.5) is 11.6 Å². The van der Waals surface area contributed by atoms with E-state index in [1.54, 1.807) is 83.6 Å². The van der Waals surface area contributed by atoms with Crippen LogP contribution in [0.1, 0.15) is 91.4 Å². The monoisotopic (exact) mass is 1450 g/mol. The Morgan fingerprint density at radius 2 is 0.761 bits per heavy atom. The predicted octanol–water partition coefficient (Wildman–Crippen LogP) is 13.9. The second-order valence-corrected chi connectivity index (χ2v) is 23.1. The molecule has 472 valence electrons. The SMILES string of the molecule is CCOC(=O)c1cn(Cc2ccc3ncc(Cl)cc3c2)nc1Br.CCOC(=O)c1cn(Cc2ccc3ncc(Cl)cc3c2)nc1N.CCOC(=O)c1cnn(Cc2ccc3ncc(Cl)cc3c2)c1Br.CCOC(=O)c1cnn(Cc2ccc3ncc(Cl)cc3c2)c1N. The first-order valence-corrected chi connectivity index (χ1v) is 31.3. The Bertz CT molecular complexity index is 4350. The minimum absolute atomic E-state index is 0.161. The van der Waals surface area contributed by atoms with E-state index < -0.39 is 11.9 Å². The number of hydrogen-bond acceptors (Lipinski definition) is 18. The number of hydrogen-bond donors (Lipinski definition) is 2. The minimum atomic E-state index is -0.467. The van der Waals surface area contributed by atoms with E-state index >= 15 is 0 Å². The van der Waals surface area contributed by atoms with Crippen LogP contribution in [0.5, 0.6) is 0 Å². The van der Waals surface area contributed by atoms with Gasteiger partial charge in [0.25, 0.3) is 0 Å². The zero-order valence-electron chi connectivity index (χ0n) is 49.6. The molecule has 0 saturated carbocycles. The van der Waals surface area contributed by atoms with Crippen molar-refractivity contribution in [2.24, 2.45) is 0 Å². The molecule has 12 rings (SSSR count). The van der Waals surface area contributed by atoms with Crippen LogP contribution in [0.15, 0.2) is 156 Å². The maximum Gasteiger partial charge on any atom is 0.343 e. The highest BCUT2D eigenvalue weighted by Crippen LogP contribution is 2.26. The van der Waals surface area contributed by atoms with Gasteiger partial charge >= 0.3 is 23.9 Å². The topological polar surface area (TPSA) is 280 Å². The van der Waals surface area contributed by atoms with Crippen molar-refractivity contribution in [3.63, 3.8) is 0 Å². The van der Waals surface area contributed by atoms with Gasteiger partial charge in [-0.05, 0) is 155 Å². The number of rotatable bonds is 16. The third-order valence-electron chi connectivity index (χ3n) is 13.3. The summed E-state index contributed by atoms with van der Waals surface area (Å²) in [5.74, 6) is -1.27. The largest absolute Gasteiger partial charge is 0.462 e. The highest BCUT2D eigenvalue weighted by Gasteiger charge is 2.20. The number of nitrogens with two attached hydrogens (primary N) is 2. The Kier molecular flexibility index (Phi) is 22.9. The zero-order valence-corrected chi connectivity index (χ0v) is 55.8. The molecule has 0 fully saturated rings. The summed E-state index contributed by atoms with van der Waals surface area (Å²) in [4.78, 5) is 64.2. The van der Waals surface area contributed by atoms with Gasteiger partial charge in [-0.3, -0.25) is 34.0 Å². The Hall–Kier alpha value is -9.04. The molecule has 0 aliphatic heterocycles. The van der Waals surface area contributed by atoms with Crippen LogP contribution in [0.3, 0.4) is 0 Å². The third-order valence-corrected chi connectivity index (χ3v) is 15.6. The Morgan fingerprint density at radius 1 is 0.424 bits per heavy atom. The van der Waals surface area contributed by atoms with Crippen LogP contribution in [0.2, 0.25) is 20.1 Å². The van der Waals surface area contributed by atoms with Gasteiger partial charge < -0.3 is 30.4 Å². The van der Waals surface area contributed by atoms with Gasteiger partial charge in [-0.1, -0.05) is 70.7 Å². The number of pyridine rings is 4. The predicted molar refractivity (Wildman–Crippen MR) is 360 cm³/mol. The molecule has 0 saturated heterocycles. The number of nitrogen functional groups attached to an aromatic ring is 2. The summed E-state index contributed by atoms with van der Waals surface area (Å²) < 4.78 is 27.5. The van der Waals surface area contributed by atoms with Gasteiger partial charge in [-0.2, -0.15) is 20.4 Å². The highest BCUT2D eigenvalue weighted by molar-refractivity contribution is 9.10. The van der Waals surface area contributed by atoms with Gasteiger partial charge in [-0.15, -0.1) is 0 Å². The molecule has 0 amide bonds. The zero-order chi connectivity index (χ0) is 65.6. The smallest absolute Gasteiger partial charge is 0.343 e. The van der Waals surface area contributed by atoms with E-state index in [0.717, 1.165) is 65.9 Å². The average molecular weight is 1450 g/mol. The molecule has 0 bridgehead atoms. The molecule has 4 aromatic carbocycles. The lowest BCUT2D eigenvalue weighted by Crippen LogP contribution is -2.10. The lowest BCUT2D eigenvalue weighted by molar-refractivity contribution is 0.0515. The van der Waals surface area contributed by atoms with Gasteiger partial charge in [0.05, 0.1) is 107 Å².